The van der Waals surface area contributed by atoms with Gasteiger partial charge in [-0.05, 0) is 37.0 Å². The Morgan fingerprint density at radius 1 is 1.03 bits per heavy atom. The highest BCUT2D eigenvalue weighted by molar-refractivity contribution is 6.04. The minimum Gasteiger partial charge on any atom is -0.503 e. The molecule has 0 bridgehead atoms. The molecule has 198 valence electrons. The maximum absolute atomic E-state index is 13.7. The minimum absolute atomic E-state index is 0.0479. The lowest BCUT2D eigenvalue weighted by atomic mass is 10.0. The monoisotopic (exact) mass is 516 g/mol. The Bertz CT molecular complexity index is 1410. The lowest BCUT2D eigenvalue weighted by Crippen LogP contribution is -2.54. The number of amides is 3. The second-order valence-corrected chi connectivity index (χ2v) is 9.52. The van der Waals surface area contributed by atoms with Crippen LogP contribution in [0.4, 0.5) is 5.69 Å². The number of aromatic nitrogens is 1. The number of hydrogen-bond donors (Lipinski definition) is 3. The van der Waals surface area contributed by atoms with E-state index in [9.17, 15) is 24.3 Å². The Kier molecular flexibility index (Phi) is 7.95. The van der Waals surface area contributed by atoms with Gasteiger partial charge in [0.15, 0.2) is 11.4 Å². The van der Waals surface area contributed by atoms with Gasteiger partial charge in [0, 0.05) is 25.0 Å². The van der Waals surface area contributed by atoms with Crippen LogP contribution in [0.2, 0.25) is 0 Å². The normalized spacial score (nSPS) is 14.7. The Morgan fingerprint density at radius 3 is 2.37 bits per heavy atom. The number of rotatable bonds is 8. The van der Waals surface area contributed by atoms with Gasteiger partial charge >= 0.3 is 0 Å². The molecule has 3 aromatic rings. The summed E-state index contributed by atoms with van der Waals surface area (Å²) < 4.78 is 1.34. The Hall–Kier alpha value is -4.40. The standard InChI is InChI=1S/C29H32N4O5/c1-4-5-14-30-27(36)21-16-32-17-22(28(37)31-23-18(2)10-9-11-19(23)3)33(15-20-12-7-6-8-13-20)29(38)24(32)26(35)25(21)34/h6-13,16,22,35H,4-5,14-15,17H2,1-3H3,(H,30,36)(H,31,37). The van der Waals surface area contributed by atoms with Crippen LogP contribution >= 0.6 is 0 Å². The van der Waals surface area contributed by atoms with Crippen molar-refractivity contribution in [2.24, 2.45) is 0 Å². The van der Waals surface area contributed by atoms with Gasteiger partial charge in [-0.25, -0.2) is 0 Å². The average molecular weight is 517 g/mol. The number of para-hydroxylation sites is 1. The molecule has 9 heteroatoms. The molecule has 1 aliphatic heterocycles. The Balaban J connectivity index is 1.75. The number of carbonyl (C=O) groups excluding carboxylic acids is 3. The average Bonchev–Trinajstić information content (AvgIpc) is 2.90. The van der Waals surface area contributed by atoms with Crippen LogP contribution in [0.15, 0.2) is 59.5 Å². The van der Waals surface area contributed by atoms with Gasteiger partial charge in [0.05, 0.1) is 6.54 Å². The quantitative estimate of drug-likeness (QED) is 0.397. The fourth-order valence-electron chi connectivity index (χ4n) is 4.62. The van der Waals surface area contributed by atoms with Crippen molar-refractivity contribution < 1.29 is 19.5 Å². The van der Waals surface area contributed by atoms with E-state index < -0.39 is 34.9 Å². The van der Waals surface area contributed by atoms with Gasteiger partial charge in [0.1, 0.15) is 11.6 Å². The molecule has 9 nitrogen and oxygen atoms in total. The highest BCUT2D eigenvalue weighted by atomic mass is 16.3. The molecule has 1 aliphatic rings. The molecule has 0 aliphatic carbocycles. The Morgan fingerprint density at radius 2 is 1.71 bits per heavy atom. The van der Waals surface area contributed by atoms with Crippen LogP contribution in [0.25, 0.3) is 0 Å². The van der Waals surface area contributed by atoms with E-state index in [0.29, 0.717) is 12.2 Å². The molecule has 4 rings (SSSR count). The number of anilines is 1. The van der Waals surface area contributed by atoms with Crippen LogP contribution in [-0.4, -0.2) is 44.9 Å². The van der Waals surface area contributed by atoms with Crippen molar-refractivity contribution in [2.45, 2.75) is 52.7 Å². The minimum atomic E-state index is -0.966. The summed E-state index contributed by atoms with van der Waals surface area (Å²) >= 11 is 0. The SMILES string of the molecule is CCCCNC(=O)c1cn2c(c(O)c1=O)C(=O)N(Cc1ccccc1)C(C(=O)Nc1c(C)cccc1C)C2. The second-order valence-electron chi connectivity index (χ2n) is 9.52. The van der Waals surface area contributed by atoms with Gasteiger partial charge in [-0.15, -0.1) is 0 Å². The van der Waals surface area contributed by atoms with E-state index in [1.807, 2.05) is 69.3 Å². The third-order valence-electron chi connectivity index (χ3n) is 6.75. The van der Waals surface area contributed by atoms with E-state index in [4.69, 9.17) is 0 Å². The van der Waals surface area contributed by atoms with Crippen molar-refractivity contribution in [1.29, 1.82) is 0 Å². The zero-order valence-electron chi connectivity index (χ0n) is 21.8. The molecule has 2 heterocycles. The summed E-state index contributed by atoms with van der Waals surface area (Å²) in [4.78, 5) is 54.3. The molecule has 3 N–H and O–H groups in total. The van der Waals surface area contributed by atoms with Crippen molar-refractivity contribution in [2.75, 3.05) is 11.9 Å². The first-order valence-corrected chi connectivity index (χ1v) is 12.7. The number of pyridine rings is 1. The maximum atomic E-state index is 13.7. The summed E-state index contributed by atoms with van der Waals surface area (Å²) in [6.45, 7) is 6.17. The zero-order valence-corrected chi connectivity index (χ0v) is 21.8. The van der Waals surface area contributed by atoms with Crippen LogP contribution in [-0.2, 0) is 17.9 Å². The predicted octanol–water partition coefficient (Wildman–Crippen LogP) is 3.36. The molecule has 1 aromatic heterocycles. The van der Waals surface area contributed by atoms with Crippen LogP contribution in [0, 0.1) is 13.8 Å². The van der Waals surface area contributed by atoms with Crippen LogP contribution in [0.3, 0.4) is 0 Å². The summed E-state index contributed by atoms with van der Waals surface area (Å²) in [7, 11) is 0. The van der Waals surface area contributed by atoms with Crippen LogP contribution in [0.5, 0.6) is 5.75 Å². The molecular weight excluding hydrogens is 484 g/mol. The number of carbonyl (C=O) groups is 3. The van der Waals surface area contributed by atoms with Crippen molar-refractivity contribution in [3.8, 4) is 5.75 Å². The number of benzene rings is 2. The summed E-state index contributed by atoms with van der Waals surface area (Å²) in [5, 5.41) is 16.4. The van der Waals surface area contributed by atoms with Gasteiger partial charge < -0.3 is 25.2 Å². The summed E-state index contributed by atoms with van der Waals surface area (Å²) in [6.07, 6.45) is 2.85. The molecule has 0 spiro atoms. The third-order valence-corrected chi connectivity index (χ3v) is 6.75. The van der Waals surface area contributed by atoms with Gasteiger partial charge in [-0.1, -0.05) is 61.9 Å². The molecular formula is C29H32N4O5. The van der Waals surface area contributed by atoms with E-state index in [1.165, 1.54) is 15.7 Å². The molecule has 1 unspecified atom stereocenters. The summed E-state index contributed by atoms with van der Waals surface area (Å²) in [6, 6.07) is 13.9. The summed E-state index contributed by atoms with van der Waals surface area (Å²) in [5.41, 5.74) is 1.76. The fourth-order valence-corrected chi connectivity index (χ4v) is 4.62. The van der Waals surface area contributed by atoms with Gasteiger partial charge in [0.2, 0.25) is 11.3 Å². The van der Waals surface area contributed by atoms with E-state index >= 15 is 0 Å². The molecule has 38 heavy (non-hydrogen) atoms. The molecule has 0 fully saturated rings. The first-order chi connectivity index (χ1) is 18.2. The number of fused-ring (bicyclic) bond motifs is 1. The van der Waals surface area contributed by atoms with Crippen molar-refractivity contribution in [1.82, 2.24) is 14.8 Å². The highest BCUT2D eigenvalue weighted by Gasteiger charge is 2.40. The first kappa shape index (κ1) is 26.7. The zero-order chi connectivity index (χ0) is 27.4. The Labute approximate surface area is 221 Å². The van der Waals surface area contributed by atoms with Crippen molar-refractivity contribution >= 4 is 23.4 Å². The fraction of sp³-hybridized carbons (Fsp3) is 0.310. The number of hydrogen-bond acceptors (Lipinski definition) is 5. The lowest BCUT2D eigenvalue weighted by molar-refractivity contribution is -0.121. The number of nitrogens with zero attached hydrogens (tertiary/aromatic N) is 2. The van der Waals surface area contributed by atoms with Gasteiger partial charge in [0.25, 0.3) is 11.8 Å². The molecule has 2 aromatic carbocycles. The predicted molar refractivity (Wildman–Crippen MR) is 144 cm³/mol. The topological polar surface area (TPSA) is 121 Å². The largest absolute Gasteiger partial charge is 0.503 e. The number of nitrogens with one attached hydrogen (secondary N) is 2. The highest BCUT2D eigenvalue weighted by Crippen LogP contribution is 2.27. The number of aryl methyl sites for hydroxylation is 2. The summed E-state index contributed by atoms with van der Waals surface area (Å²) in [5.74, 6) is -2.52. The van der Waals surface area contributed by atoms with Crippen LogP contribution in [0.1, 0.15) is 57.3 Å². The molecule has 3 amide bonds. The van der Waals surface area contributed by atoms with E-state index in [1.54, 1.807) is 0 Å². The van der Waals surface area contributed by atoms with Gasteiger partial charge in [-0.2, -0.15) is 0 Å². The van der Waals surface area contributed by atoms with Crippen molar-refractivity contribution in [3.05, 3.63) is 92.9 Å². The number of unbranched alkanes of at least 4 members (excludes halogenated alkanes) is 1. The molecule has 0 saturated carbocycles. The van der Waals surface area contributed by atoms with E-state index in [2.05, 4.69) is 10.6 Å². The molecule has 0 radical (unpaired) electrons. The second kappa shape index (κ2) is 11.3. The lowest BCUT2D eigenvalue weighted by Gasteiger charge is -2.37. The molecule has 1 atom stereocenters. The first-order valence-electron chi connectivity index (χ1n) is 12.7. The van der Waals surface area contributed by atoms with E-state index in [0.717, 1.165) is 29.5 Å². The molecule has 0 saturated heterocycles. The smallest absolute Gasteiger partial charge is 0.275 e. The third kappa shape index (κ3) is 5.32. The van der Waals surface area contributed by atoms with Crippen LogP contribution < -0.4 is 16.1 Å². The van der Waals surface area contributed by atoms with Crippen molar-refractivity contribution in [3.63, 3.8) is 0 Å². The maximum Gasteiger partial charge on any atom is 0.275 e. The number of aromatic hydroxyl groups is 1. The van der Waals surface area contributed by atoms with E-state index in [-0.39, 0.29) is 24.3 Å². The van der Waals surface area contributed by atoms with Gasteiger partial charge in [-0.3, -0.25) is 19.2 Å².